The van der Waals surface area contributed by atoms with Crippen LogP contribution in [0.15, 0.2) is 17.0 Å². The normalized spacial score (nSPS) is 13.3. The van der Waals surface area contributed by atoms with Crippen molar-refractivity contribution in [3.8, 4) is 0 Å². The van der Waals surface area contributed by atoms with Crippen LogP contribution in [0.4, 0.5) is 4.39 Å². The van der Waals surface area contributed by atoms with Crippen LogP contribution in [0.3, 0.4) is 0 Å². The summed E-state index contributed by atoms with van der Waals surface area (Å²) in [5, 5.41) is 9.16. The molecular weight excluding hydrogens is 275 g/mol. The molecule has 0 radical (unpaired) electrons. The third kappa shape index (κ3) is 3.72. The van der Waals surface area contributed by atoms with Gasteiger partial charge in [-0.15, -0.1) is 0 Å². The molecule has 4 N–H and O–H groups in total. The maximum atomic E-state index is 13.1. The van der Waals surface area contributed by atoms with Gasteiger partial charge in [0.2, 0.25) is 15.9 Å². The van der Waals surface area contributed by atoms with Crippen LogP contribution >= 0.6 is 0 Å². The lowest BCUT2D eigenvalue weighted by Gasteiger charge is -2.13. The highest BCUT2D eigenvalue weighted by Gasteiger charge is 2.22. The Morgan fingerprint density at radius 3 is 2.32 bits per heavy atom. The molecule has 0 spiro atoms. The van der Waals surface area contributed by atoms with Crippen LogP contribution in [0.5, 0.6) is 0 Å². The fourth-order valence-electron chi connectivity index (χ4n) is 1.68. The summed E-state index contributed by atoms with van der Waals surface area (Å²) in [7, 11) is -3.95. The van der Waals surface area contributed by atoms with Gasteiger partial charge in [-0.3, -0.25) is 4.79 Å². The van der Waals surface area contributed by atoms with Crippen LogP contribution < -0.4 is 10.5 Å². The van der Waals surface area contributed by atoms with Crippen molar-refractivity contribution in [3.63, 3.8) is 0 Å². The number of nitrogens with two attached hydrogens (primary N) is 1. The second-order valence-corrected chi connectivity index (χ2v) is 5.84. The van der Waals surface area contributed by atoms with E-state index >= 15 is 0 Å². The number of halogens is 1. The summed E-state index contributed by atoms with van der Waals surface area (Å²) in [4.78, 5) is 10.5. The van der Waals surface area contributed by atoms with Gasteiger partial charge in [0.15, 0.2) is 0 Å². The van der Waals surface area contributed by atoms with Gasteiger partial charge in [-0.1, -0.05) is 0 Å². The lowest BCUT2D eigenvalue weighted by Crippen LogP contribution is -2.40. The Morgan fingerprint density at radius 1 is 1.42 bits per heavy atom. The maximum Gasteiger partial charge on any atom is 0.247 e. The van der Waals surface area contributed by atoms with Crippen molar-refractivity contribution in [2.45, 2.75) is 24.8 Å². The molecule has 1 aromatic rings. The number of benzene rings is 1. The van der Waals surface area contributed by atoms with E-state index in [1.54, 1.807) is 0 Å². The monoisotopic (exact) mass is 290 g/mol. The highest BCUT2D eigenvalue weighted by molar-refractivity contribution is 7.89. The molecule has 106 valence electrons. The molecular formula is C11H15FN2O4S. The SMILES string of the molecule is Cc1cc(F)cc(C)c1S(=O)(=O)NCC(O)C(N)=O. The van der Waals surface area contributed by atoms with E-state index < -0.39 is 34.4 Å². The quantitative estimate of drug-likeness (QED) is 0.683. The number of rotatable bonds is 5. The first-order valence-electron chi connectivity index (χ1n) is 5.39. The van der Waals surface area contributed by atoms with Gasteiger partial charge in [0, 0.05) is 6.54 Å². The molecule has 1 amide bonds. The molecule has 6 nitrogen and oxygen atoms in total. The molecule has 0 aliphatic rings. The molecule has 0 saturated heterocycles. The first-order valence-corrected chi connectivity index (χ1v) is 6.87. The molecule has 1 aromatic carbocycles. The predicted octanol–water partition coefficient (Wildman–Crippen LogP) is -0.433. The highest BCUT2D eigenvalue weighted by Crippen LogP contribution is 2.21. The molecule has 1 unspecified atom stereocenters. The Labute approximate surface area is 110 Å². The third-order valence-electron chi connectivity index (χ3n) is 2.49. The van der Waals surface area contributed by atoms with E-state index in [1.165, 1.54) is 13.8 Å². The number of sulfonamides is 1. The smallest absolute Gasteiger partial charge is 0.247 e. The fourth-order valence-corrected chi connectivity index (χ4v) is 3.17. The van der Waals surface area contributed by atoms with Crippen molar-refractivity contribution in [3.05, 3.63) is 29.1 Å². The molecule has 0 aromatic heterocycles. The topological polar surface area (TPSA) is 109 Å². The van der Waals surface area contributed by atoms with Gasteiger partial charge in [0.1, 0.15) is 11.9 Å². The minimum Gasteiger partial charge on any atom is -0.382 e. The summed E-state index contributed by atoms with van der Waals surface area (Å²) in [6.07, 6.45) is -1.61. The van der Waals surface area contributed by atoms with E-state index in [0.717, 1.165) is 12.1 Å². The number of carbonyl (C=O) groups excluding carboxylic acids is 1. The van der Waals surface area contributed by atoms with E-state index in [2.05, 4.69) is 4.72 Å². The van der Waals surface area contributed by atoms with Gasteiger partial charge >= 0.3 is 0 Å². The Balaban J connectivity index is 3.05. The highest BCUT2D eigenvalue weighted by atomic mass is 32.2. The Kier molecular flexibility index (Phi) is 4.61. The van der Waals surface area contributed by atoms with Gasteiger partial charge in [-0.05, 0) is 37.1 Å². The zero-order valence-electron chi connectivity index (χ0n) is 10.5. The van der Waals surface area contributed by atoms with Gasteiger partial charge in [-0.2, -0.15) is 0 Å². The number of hydrogen-bond acceptors (Lipinski definition) is 4. The molecule has 8 heteroatoms. The number of primary amides is 1. The van der Waals surface area contributed by atoms with Crippen LogP contribution in [0.25, 0.3) is 0 Å². The lowest BCUT2D eigenvalue weighted by atomic mass is 10.1. The average Bonchev–Trinajstić information content (AvgIpc) is 2.23. The molecule has 0 heterocycles. The van der Waals surface area contributed by atoms with Crippen molar-refractivity contribution in [2.24, 2.45) is 5.73 Å². The van der Waals surface area contributed by atoms with Crippen molar-refractivity contribution >= 4 is 15.9 Å². The molecule has 1 rings (SSSR count). The van der Waals surface area contributed by atoms with Crippen molar-refractivity contribution in [2.75, 3.05) is 6.54 Å². The Bertz CT molecular complexity index is 578. The number of hydrogen-bond donors (Lipinski definition) is 3. The number of aliphatic hydroxyl groups excluding tert-OH is 1. The van der Waals surface area contributed by atoms with E-state index in [9.17, 15) is 17.6 Å². The van der Waals surface area contributed by atoms with Crippen molar-refractivity contribution < 1.29 is 22.7 Å². The number of amides is 1. The molecule has 0 fully saturated rings. The predicted molar refractivity (Wildman–Crippen MR) is 66.3 cm³/mol. The maximum absolute atomic E-state index is 13.1. The zero-order chi connectivity index (χ0) is 14.8. The number of nitrogens with one attached hydrogen (secondary N) is 1. The van der Waals surface area contributed by atoms with Crippen LogP contribution in [-0.4, -0.2) is 32.1 Å². The third-order valence-corrected chi connectivity index (χ3v) is 4.22. The van der Waals surface area contributed by atoms with E-state index in [-0.39, 0.29) is 16.0 Å². The van der Waals surface area contributed by atoms with Crippen LogP contribution in [0.1, 0.15) is 11.1 Å². The summed E-state index contributed by atoms with van der Waals surface area (Å²) in [5.74, 6) is -1.57. The molecule has 0 aliphatic heterocycles. The first kappa shape index (κ1) is 15.5. The number of carbonyl (C=O) groups is 1. The minimum absolute atomic E-state index is 0.0782. The minimum atomic E-state index is -3.95. The summed E-state index contributed by atoms with van der Waals surface area (Å²) >= 11 is 0. The molecule has 1 atom stereocenters. The summed E-state index contributed by atoms with van der Waals surface area (Å²) in [5.41, 5.74) is 5.28. The fraction of sp³-hybridized carbons (Fsp3) is 0.364. The standard InChI is InChI=1S/C11H15FN2O4S/c1-6-3-8(12)4-7(2)10(6)19(17,18)14-5-9(15)11(13)16/h3-4,9,14-15H,5H2,1-2H3,(H2,13,16). The summed E-state index contributed by atoms with van der Waals surface area (Å²) in [6.45, 7) is 2.37. The lowest BCUT2D eigenvalue weighted by molar-refractivity contribution is -0.125. The van der Waals surface area contributed by atoms with E-state index in [1.807, 2.05) is 0 Å². The van der Waals surface area contributed by atoms with Gasteiger partial charge < -0.3 is 10.8 Å². The molecule has 0 bridgehead atoms. The molecule has 0 saturated carbocycles. The Morgan fingerprint density at radius 2 is 1.89 bits per heavy atom. The molecule has 19 heavy (non-hydrogen) atoms. The van der Waals surface area contributed by atoms with Crippen LogP contribution in [-0.2, 0) is 14.8 Å². The second-order valence-electron chi connectivity index (χ2n) is 4.14. The van der Waals surface area contributed by atoms with Crippen LogP contribution in [0.2, 0.25) is 0 Å². The molecule has 0 aliphatic carbocycles. The second kappa shape index (κ2) is 5.64. The van der Waals surface area contributed by atoms with Gasteiger partial charge in [0.05, 0.1) is 4.90 Å². The largest absolute Gasteiger partial charge is 0.382 e. The van der Waals surface area contributed by atoms with Crippen molar-refractivity contribution in [1.82, 2.24) is 4.72 Å². The van der Waals surface area contributed by atoms with E-state index in [0.29, 0.717) is 0 Å². The van der Waals surface area contributed by atoms with Gasteiger partial charge in [-0.25, -0.2) is 17.5 Å². The first-order chi connectivity index (χ1) is 8.65. The van der Waals surface area contributed by atoms with Crippen LogP contribution in [0, 0.1) is 19.7 Å². The zero-order valence-corrected chi connectivity index (χ0v) is 11.3. The van der Waals surface area contributed by atoms with Crippen molar-refractivity contribution in [1.29, 1.82) is 0 Å². The average molecular weight is 290 g/mol. The van der Waals surface area contributed by atoms with Gasteiger partial charge in [0.25, 0.3) is 0 Å². The Hall–Kier alpha value is -1.51. The summed E-state index contributed by atoms with van der Waals surface area (Å²) < 4.78 is 39.2. The number of aliphatic hydroxyl groups is 1. The number of aryl methyl sites for hydroxylation is 2. The van der Waals surface area contributed by atoms with E-state index in [4.69, 9.17) is 10.8 Å². The summed E-state index contributed by atoms with van der Waals surface area (Å²) in [6, 6.07) is 2.18.